The molecule has 1 aromatic carbocycles. The Balaban J connectivity index is 1.68. The molecule has 1 aliphatic heterocycles. The summed E-state index contributed by atoms with van der Waals surface area (Å²) in [4.78, 5) is 0. The predicted molar refractivity (Wildman–Crippen MR) is 79.7 cm³/mol. The molecule has 1 fully saturated rings. The van der Waals surface area contributed by atoms with Crippen molar-refractivity contribution in [3.63, 3.8) is 0 Å². The Morgan fingerprint density at radius 3 is 2.95 bits per heavy atom. The highest BCUT2D eigenvalue weighted by atomic mass is 35.5. The van der Waals surface area contributed by atoms with Gasteiger partial charge in [-0.15, -0.1) is 0 Å². The second-order valence-electron chi connectivity index (χ2n) is 5.04. The lowest BCUT2D eigenvalue weighted by Crippen LogP contribution is -2.29. The van der Waals surface area contributed by atoms with Gasteiger partial charge in [-0.3, -0.25) is 0 Å². The van der Waals surface area contributed by atoms with E-state index in [4.69, 9.17) is 16.3 Å². The van der Waals surface area contributed by atoms with Gasteiger partial charge in [-0.05, 0) is 50.1 Å². The van der Waals surface area contributed by atoms with E-state index in [2.05, 4.69) is 10.4 Å². The molecule has 1 aromatic heterocycles. The number of halogens is 1. The summed E-state index contributed by atoms with van der Waals surface area (Å²) in [5.41, 5.74) is 0.975. The second-order valence-corrected chi connectivity index (χ2v) is 5.47. The van der Waals surface area contributed by atoms with Crippen LogP contribution in [0.25, 0.3) is 5.69 Å². The van der Waals surface area contributed by atoms with Crippen molar-refractivity contribution >= 4 is 11.6 Å². The zero-order valence-corrected chi connectivity index (χ0v) is 12.0. The Labute approximate surface area is 123 Å². The van der Waals surface area contributed by atoms with Crippen molar-refractivity contribution in [2.45, 2.75) is 25.4 Å². The first kappa shape index (κ1) is 13.5. The molecule has 1 saturated heterocycles. The molecular weight excluding hydrogens is 274 g/mol. The minimum absolute atomic E-state index is 0.236. The van der Waals surface area contributed by atoms with E-state index < -0.39 is 0 Å². The zero-order chi connectivity index (χ0) is 13.8. The number of benzene rings is 1. The van der Waals surface area contributed by atoms with Crippen LogP contribution >= 0.6 is 11.6 Å². The first-order valence-corrected chi connectivity index (χ1v) is 7.37. The monoisotopic (exact) mass is 291 g/mol. The lowest BCUT2D eigenvalue weighted by Gasteiger charge is -2.15. The molecule has 106 valence electrons. The fourth-order valence-electron chi connectivity index (χ4n) is 2.38. The van der Waals surface area contributed by atoms with E-state index in [0.717, 1.165) is 36.0 Å². The van der Waals surface area contributed by atoms with Crippen LogP contribution in [0.15, 0.2) is 36.7 Å². The van der Waals surface area contributed by atoms with Crippen LogP contribution in [-0.4, -0.2) is 29.0 Å². The Bertz CT molecular complexity index is 545. The van der Waals surface area contributed by atoms with Gasteiger partial charge < -0.3 is 10.1 Å². The van der Waals surface area contributed by atoms with Crippen LogP contribution in [0.2, 0.25) is 5.02 Å². The molecule has 4 nitrogen and oxygen atoms in total. The van der Waals surface area contributed by atoms with Gasteiger partial charge in [0.2, 0.25) is 0 Å². The van der Waals surface area contributed by atoms with E-state index in [0.29, 0.717) is 0 Å². The molecule has 1 aliphatic rings. The summed E-state index contributed by atoms with van der Waals surface area (Å²) in [6.45, 7) is 2.00. The molecule has 0 saturated carbocycles. The molecule has 0 amide bonds. The highest BCUT2D eigenvalue weighted by Gasteiger charge is 2.14. The van der Waals surface area contributed by atoms with Gasteiger partial charge in [-0.25, -0.2) is 4.68 Å². The Morgan fingerprint density at radius 2 is 2.10 bits per heavy atom. The summed E-state index contributed by atoms with van der Waals surface area (Å²) in [6.07, 6.45) is 7.44. The average Bonchev–Trinajstić information content (AvgIpc) is 2.76. The minimum Gasteiger partial charge on any atom is -0.486 e. The van der Waals surface area contributed by atoms with Crippen LogP contribution in [-0.2, 0) is 0 Å². The van der Waals surface area contributed by atoms with Gasteiger partial charge in [-0.2, -0.15) is 5.10 Å². The molecule has 20 heavy (non-hydrogen) atoms. The number of aromatic nitrogens is 2. The lowest BCUT2D eigenvalue weighted by molar-refractivity contribution is 0.194. The van der Waals surface area contributed by atoms with E-state index >= 15 is 0 Å². The first-order chi connectivity index (χ1) is 9.81. The van der Waals surface area contributed by atoms with E-state index in [-0.39, 0.29) is 6.10 Å². The van der Waals surface area contributed by atoms with Crippen molar-refractivity contribution in [2.75, 3.05) is 13.1 Å². The average molecular weight is 292 g/mol. The maximum absolute atomic E-state index is 5.99. The third-order valence-electron chi connectivity index (χ3n) is 3.45. The van der Waals surface area contributed by atoms with Gasteiger partial charge in [0.25, 0.3) is 0 Å². The Hall–Kier alpha value is -1.52. The highest BCUT2D eigenvalue weighted by Crippen LogP contribution is 2.18. The number of ether oxygens (including phenoxy) is 1. The number of hydrogen-bond donors (Lipinski definition) is 1. The van der Waals surface area contributed by atoms with Crippen molar-refractivity contribution < 1.29 is 4.74 Å². The minimum atomic E-state index is 0.236. The fraction of sp³-hybridized carbons (Fsp3) is 0.400. The predicted octanol–water partition coefficient (Wildman–Crippen LogP) is 3.05. The summed E-state index contributed by atoms with van der Waals surface area (Å²) in [5.74, 6) is 0.814. The van der Waals surface area contributed by atoms with E-state index in [9.17, 15) is 0 Å². The van der Waals surface area contributed by atoms with Gasteiger partial charge in [0.15, 0.2) is 5.75 Å². The topological polar surface area (TPSA) is 39.1 Å². The summed E-state index contributed by atoms with van der Waals surface area (Å²) >= 11 is 5.89. The Kier molecular flexibility index (Phi) is 4.23. The van der Waals surface area contributed by atoms with Crippen molar-refractivity contribution in [1.82, 2.24) is 15.1 Å². The molecule has 5 heteroatoms. The molecule has 0 radical (unpaired) electrons. The summed E-state index contributed by atoms with van der Waals surface area (Å²) in [5, 5.41) is 8.45. The number of nitrogens with zero attached hydrogens (tertiary/aromatic N) is 2. The summed E-state index contributed by atoms with van der Waals surface area (Å²) in [6, 6.07) is 7.58. The smallest absolute Gasteiger partial charge is 0.158 e. The molecular formula is C15H18ClN3O. The zero-order valence-electron chi connectivity index (χ0n) is 11.3. The highest BCUT2D eigenvalue weighted by molar-refractivity contribution is 6.30. The first-order valence-electron chi connectivity index (χ1n) is 6.99. The van der Waals surface area contributed by atoms with E-state index in [1.165, 1.54) is 12.8 Å². The van der Waals surface area contributed by atoms with Crippen molar-refractivity contribution in [3.05, 3.63) is 41.7 Å². The third kappa shape index (κ3) is 3.32. The van der Waals surface area contributed by atoms with E-state index in [1.807, 2.05) is 30.5 Å². The number of hydrogen-bond acceptors (Lipinski definition) is 3. The van der Waals surface area contributed by atoms with Gasteiger partial charge in [-0.1, -0.05) is 11.6 Å². The SMILES string of the molecule is Clc1ccc(-n2cc(OC3CCCCNC3)cn2)cc1. The van der Waals surface area contributed by atoms with Crippen LogP contribution in [0.3, 0.4) is 0 Å². The molecule has 0 bridgehead atoms. The van der Waals surface area contributed by atoms with Gasteiger partial charge in [0.1, 0.15) is 6.10 Å². The summed E-state index contributed by atoms with van der Waals surface area (Å²) < 4.78 is 7.79. The number of nitrogens with one attached hydrogen (secondary N) is 1. The van der Waals surface area contributed by atoms with Gasteiger partial charge >= 0.3 is 0 Å². The Morgan fingerprint density at radius 1 is 1.25 bits per heavy atom. The molecule has 2 heterocycles. The van der Waals surface area contributed by atoms with Gasteiger partial charge in [0.05, 0.1) is 18.1 Å². The second kappa shape index (κ2) is 6.29. The molecule has 1 N–H and O–H groups in total. The van der Waals surface area contributed by atoms with Crippen LogP contribution in [0.5, 0.6) is 5.75 Å². The molecule has 1 unspecified atom stereocenters. The van der Waals surface area contributed by atoms with Crippen LogP contribution < -0.4 is 10.1 Å². The third-order valence-corrected chi connectivity index (χ3v) is 3.71. The normalized spacial score (nSPS) is 19.6. The molecule has 0 aliphatic carbocycles. The molecule has 0 spiro atoms. The molecule has 2 aromatic rings. The standard InChI is InChI=1S/C15H18ClN3O/c16-12-4-6-13(7-5-12)19-11-15(10-18-19)20-14-3-1-2-8-17-9-14/h4-7,10-11,14,17H,1-3,8-9H2. The van der Waals surface area contributed by atoms with Crippen LogP contribution in [0.4, 0.5) is 0 Å². The fourth-order valence-corrected chi connectivity index (χ4v) is 2.51. The maximum Gasteiger partial charge on any atom is 0.158 e. The van der Waals surface area contributed by atoms with Crippen molar-refractivity contribution in [2.24, 2.45) is 0 Å². The van der Waals surface area contributed by atoms with Crippen LogP contribution in [0.1, 0.15) is 19.3 Å². The molecule has 3 rings (SSSR count). The lowest BCUT2D eigenvalue weighted by atomic mass is 10.2. The maximum atomic E-state index is 5.99. The van der Waals surface area contributed by atoms with Crippen molar-refractivity contribution in [3.8, 4) is 11.4 Å². The van der Waals surface area contributed by atoms with Crippen LogP contribution in [0, 0.1) is 0 Å². The quantitative estimate of drug-likeness (QED) is 0.945. The van der Waals surface area contributed by atoms with E-state index in [1.54, 1.807) is 10.9 Å². The number of rotatable bonds is 3. The van der Waals surface area contributed by atoms with Crippen molar-refractivity contribution in [1.29, 1.82) is 0 Å². The summed E-state index contributed by atoms with van der Waals surface area (Å²) in [7, 11) is 0. The molecule has 1 atom stereocenters. The largest absolute Gasteiger partial charge is 0.486 e. The van der Waals surface area contributed by atoms with Gasteiger partial charge in [0, 0.05) is 11.6 Å².